The molecule has 23 heavy (non-hydrogen) atoms. The van der Waals surface area contributed by atoms with E-state index in [1.807, 2.05) is 24.0 Å². The van der Waals surface area contributed by atoms with Gasteiger partial charge >= 0.3 is 0 Å². The lowest BCUT2D eigenvalue weighted by atomic mass is 10.2. The summed E-state index contributed by atoms with van der Waals surface area (Å²) in [6.45, 7) is 8.92. The Morgan fingerprint density at radius 2 is 2.04 bits per heavy atom. The number of carbonyl (C=O) groups is 1. The number of para-hydroxylation sites is 1. The third-order valence-corrected chi connectivity index (χ3v) is 6.59. The van der Waals surface area contributed by atoms with Crippen molar-refractivity contribution in [2.24, 2.45) is 4.99 Å². The van der Waals surface area contributed by atoms with Crippen molar-refractivity contribution in [2.75, 3.05) is 32.7 Å². The van der Waals surface area contributed by atoms with Crippen molar-refractivity contribution in [2.45, 2.75) is 24.9 Å². The maximum absolute atomic E-state index is 12.6. The predicted octanol–water partition coefficient (Wildman–Crippen LogP) is 3.21. The minimum atomic E-state index is -0.0697. The quantitative estimate of drug-likeness (QED) is 0.839. The SMILES string of the molecule is CCN1CCN(C(=O)C(C)SC2=Nc3ccccc3CS2)CC1. The Balaban J connectivity index is 1.58. The molecule has 1 aromatic rings. The Morgan fingerprint density at radius 3 is 2.78 bits per heavy atom. The lowest BCUT2D eigenvalue weighted by Gasteiger charge is -2.35. The number of aliphatic imine (C=N–C) groups is 1. The van der Waals surface area contributed by atoms with Gasteiger partial charge in [-0.2, -0.15) is 0 Å². The average Bonchev–Trinajstić information content (AvgIpc) is 2.61. The highest BCUT2D eigenvalue weighted by atomic mass is 32.2. The summed E-state index contributed by atoms with van der Waals surface area (Å²) >= 11 is 3.34. The van der Waals surface area contributed by atoms with Crippen molar-refractivity contribution in [3.05, 3.63) is 29.8 Å². The molecule has 2 aliphatic heterocycles. The molecule has 1 amide bonds. The molecular formula is C17H23N3OS2. The summed E-state index contributed by atoms with van der Waals surface area (Å²) < 4.78 is 1.01. The van der Waals surface area contributed by atoms with E-state index in [4.69, 9.17) is 4.99 Å². The van der Waals surface area contributed by atoms with Crippen molar-refractivity contribution in [1.82, 2.24) is 9.80 Å². The topological polar surface area (TPSA) is 35.9 Å². The van der Waals surface area contributed by atoms with Crippen LogP contribution in [0, 0.1) is 0 Å². The molecule has 2 heterocycles. The van der Waals surface area contributed by atoms with Gasteiger partial charge in [-0.3, -0.25) is 4.79 Å². The predicted molar refractivity (Wildman–Crippen MR) is 101 cm³/mol. The monoisotopic (exact) mass is 349 g/mol. The standard InChI is InChI=1S/C17H23N3OS2/c1-3-19-8-10-20(11-9-19)16(21)13(2)23-17-18-15-7-5-4-6-14(15)12-22-17/h4-7,13H,3,8-12H2,1-2H3. The normalized spacial score (nSPS) is 19.9. The zero-order valence-corrected chi connectivity index (χ0v) is 15.3. The lowest BCUT2D eigenvalue weighted by molar-refractivity contribution is -0.132. The number of carbonyl (C=O) groups excluding carboxylic acids is 1. The third kappa shape index (κ3) is 4.11. The first-order valence-corrected chi connectivity index (χ1v) is 10.0. The number of hydrogen-bond acceptors (Lipinski definition) is 5. The van der Waals surface area contributed by atoms with Crippen molar-refractivity contribution < 1.29 is 4.79 Å². The van der Waals surface area contributed by atoms with Gasteiger partial charge in [-0.25, -0.2) is 4.99 Å². The van der Waals surface area contributed by atoms with E-state index >= 15 is 0 Å². The number of rotatable bonds is 3. The highest BCUT2D eigenvalue weighted by Crippen LogP contribution is 2.36. The van der Waals surface area contributed by atoms with E-state index < -0.39 is 0 Å². The summed E-state index contributed by atoms with van der Waals surface area (Å²) in [5.74, 6) is 1.19. The molecule has 1 fully saturated rings. The molecular weight excluding hydrogens is 326 g/mol. The zero-order chi connectivity index (χ0) is 16.2. The summed E-state index contributed by atoms with van der Waals surface area (Å²) in [5.41, 5.74) is 2.32. The van der Waals surface area contributed by atoms with Gasteiger partial charge in [-0.1, -0.05) is 48.6 Å². The zero-order valence-electron chi connectivity index (χ0n) is 13.7. The Kier molecular flexibility index (Phi) is 5.67. The molecule has 1 atom stereocenters. The summed E-state index contributed by atoms with van der Waals surface area (Å²) in [6.07, 6.45) is 0. The van der Waals surface area contributed by atoms with E-state index in [0.717, 1.165) is 48.5 Å². The van der Waals surface area contributed by atoms with Gasteiger partial charge < -0.3 is 9.80 Å². The van der Waals surface area contributed by atoms with Crippen molar-refractivity contribution >= 4 is 39.5 Å². The molecule has 4 nitrogen and oxygen atoms in total. The fourth-order valence-corrected chi connectivity index (χ4v) is 5.09. The van der Waals surface area contributed by atoms with Crippen LogP contribution in [0.1, 0.15) is 19.4 Å². The van der Waals surface area contributed by atoms with E-state index in [0.29, 0.717) is 0 Å². The molecule has 3 rings (SSSR count). The van der Waals surface area contributed by atoms with Crippen molar-refractivity contribution in [3.63, 3.8) is 0 Å². The van der Waals surface area contributed by atoms with Crippen LogP contribution in [0.15, 0.2) is 29.3 Å². The summed E-state index contributed by atoms with van der Waals surface area (Å²) in [7, 11) is 0. The Morgan fingerprint density at radius 1 is 1.30 bits per heavy atom. The van der Waals surface area contributed by atoms with Crippen LogP contribution in [0.5, 0.6) is 0 Å². The number of likely N-dealkylation sites (N-methyl/N-ethyl adjacent to an activating group) is 1. The van der Waals surface area contributed by atoms with Crippen LogP contribution in [0.4, 0.5) is 5.69 Å². The number of thioether (sulfide) groups is 2. The van der Waals surface area contributed by atoms with E-state index in [9.17, 15) is 4.79 Å². The van der Waals surface area contributed by atoms with Crippen LogP contribution >= 0.6 is 23.5 Å². The number of hydrogen-bond donors (Lipinski definition) is 0. The van der Waals surface area contributed by atoms with Gasteiger partial charge in [0.05, 0.1) is 10.9 Å². The van der Waals surface area contributed by atoms with Gasteiger partial charge in [-0.05, 0) is 25.1 Å². The van der Waals surface area contributed by atoms with Gasteiger partial charge in [0.25, 0.3) is 0 Å². The first-order valence-electron chi connectivity index (χ1n) is 8.14. The largest absolute Gasteiger partial charge is 0.339 e. The second-order valence-electron chi connectivity index (χ2n) is 5.81. The molecule has 0 bridgehead atoms. The molecule has 1 unspecified atom stereocenters. The van der Waals surface area contributed by atoms with Crippen molar-refractivity contribution in [3.8, 4) is 0 Å². The third-order valence-electron chi connectivity index (χ3n) is 4.31. The van der Waals surface area contributed by atoms with Gasteiger partial charge in [-0.15, -0.1) is 0 Å². The highest BCUT2D eigenvalue weighted by molar-refractivity contribution is 8.39. The molecule has 0 spiro atoms. The fraction of sp³-hybridized carbons (Fsp3) is 0.529. The van der Waals surface area contributed by atoms with Crippen LogP contribution in [0.3, 0.4) is 0 Å². The number of amides is 1. The minimum absolute atomic E-state index is 0.0697. The smallest absolute Gasteiger partial charge is 0.235 e. The Labute approximate surface area is 146 Å². The molecule has 0 N–H and O–H groups in total. The van der Waals surface area contributed by atoms with Gasteiger partial charge in [0.1, 0.15) is 4.38 Å². The maximum Gasteiger partial charge on any atom is 0.235 e. The fourth-order valence-electron chi connectivity index (χ4n) is 2.82. The number of piperazine rings is 1. The van der Waals surface area contributed by atoms with Crippen LogP contribution in [0.2, 0.25) is 0 Å². The molecule has 0 aromatic heterocycles. The summed E-state index contributed by atoms with van der Waals surface area (Å²) in [5, 5.41) is -0.0697. The first-order chi connectivity index (χ1) is 11.2. The van der Waals surface area contributed by atoms with E-state index in [1.54, 1.807) is 23.5 Å². The van der Waals surface area contributed by atoms with Crippen molar-refractivity contribution in [1.29, 1.82) is 0 Å². The average molecular weight is 350 g/mol. The van der Waals surface area contributed by atoms with Crippen LogP contribution in [-0.2, 0) is 10.5 Å². The Hall–Kier alpha value is -0.980. The van der Waals surface area contributed by atoms with Gasteiger partial charge in [0.2, 0.25) is 5.91 Å². The number of benzene rings is 1. The molecule has 1 aromatic carbocycles. The van der Waals surface area contributed by atoms with E-state index in [2.05, 4.69) is 24.0 Å². The molecule has 2 aliphatic rings. The van der Waals surface area contributed by atoms with Gasteiger partial charge in [0.15, 0.2) is 0 Å². The van der Waals surface area contributed by atoms with Crippen LogP contribution in [0.25, 0.3) is 0 Å². The second kappa shape index (κ2) is 7.73. The first kappa shape index (κ1) is 16.9. The maximum atomic E-state index is 12.6. The Bertz CT molecular complexity index is 597. The molecule has 0 radical (unpaired) electrons. The molecule has 1 saturated heterocycles. The summed E-state index contributed by atoms with van der Waals surface area (Å²) in [6, 6.07) is 8.23. The van der Waals surface area contributed by atoms with Gasteiger partial charge in [0, 0.05) is 31.9 Å². The lowest BCUT2D eigenvalue weighted by Crippen LogP contribution is -2.50. The van der Waals surface area contributed by atoms with E-state index in [1.165, 1.54) is 5.56 Å². The van der Waals surface area contributed by atoms with Crippen LogP contribution in [-0.4, -0.2) is 58.1 Å². The molecule has 0 aliphatic carbocycles. The summed E-state index contributed by atoms with van der Waals surface area (Å²) in [4.78, 5) is 21.7. The van der Waals surface area contributed by atoms with E-state index in [-0.39, 0.29) is 11.2 Å². The highest BCUT2D eigenvalue weighted by Gasteiger charge is 2.26. The number of fused-ring (bicyclic) bond motifs is 1. The second-order valence-corrected chi connectivity index (χ2v) is 8.37. The van der Waals surface area contributed by atoms with Crippen LogP contribution < -0.4 is 0 Å². The molecule has 124 valence electrons. The molecule has 0 saturated carbocycles. The molecule has 6 heteroatoms. The minimum Gasteiger partial charge on any atom is -0.339 e. The number of nitrogens with zero attached hydrogens (tertiary/aromatic N) is 3.